The monoisotopic (exact) mass is 563 g/mol. The largest absolute Gasteiger partial charge is 0.456 e. The van der Waals surface area contributed by atoms with Gasteiger partial charge in [0.1, 0.15) is 6.61 Å². The summed E-state index contributed by atoms with van der Waals surface area (Å²) in [4.78, 5) is 53.0. The fourth-order valence-corrected chi connectivity index (χ4v) is 8.27. The molecule has 4 aliphatic carbocycles. The van der Waals surface area contributed by atoms with Gasteiger partial charge in [-0.2, -0.15) is 0 Å². The minimum absolute atomic E-state index is 0.0160. The summed E-state index contributed by atoms with van der Waals surface area (Å²) in [6.45, 7) is 2.72. The highest BCUT2D eigenvalue weighted by Crippen LogP contribution is 2.65. The van der Waals surface area contributed by atoms with Gasteiger partial charge in [-0.25, -0.2) is 4.79 Å². The molecule has 0 bridgehead atoms. The Bertz CT molecular complexity index is 1310. The predicted octanol–water partition coefficient (Wildman–Crippen LogP) is 4.71. The second-order valence-corrected chi connectivity index (χ2v) is 12.5. The lowest BCUT2D eigenvalue weighted by atomic mass is 9.53. The lowest BCUT2D eigenvalue weighted by Gasteiger charge is -2.52. The number of fused-ring (bicyclic) bond motifs is 4. The van der Waals surface area contributed by atoms with E-state index in [4.69, 9.17) is 14.2 Å². The molecule has 5 rings (SSSR count). The molecule has 2 fully saturated rings. The maximum absolute atomic E-state index is 13.8. The first-order valence-corrected chi connectivity index (χ1v) is 14.6. The van der Waals surface area contributed by atoms with Crippen LogP contribution in [-0.4, -0.2) is 63.5 Å². The summed E-state index contributed by atoms with van der Waals surface area (Å²) in [6.07, 6.45) is 6.62. The number of hydrogen-bond acceptors (Lipinski definition) is 8. The van der Waals surface area contributed by atoms with Crippen LogP contribution in [0.25, 0.3) is 0 Å². The average Bonchev–Trinajstić information content (AvgIpc) is 3.23. The van der Waals surface area contributed by atoms with Gasteiger partial charge in [0.25, 0.3) is 0 Å². The molecule has 0 N–H and O–H groups in total. The van der Waals surface area contributed by atoms with Crippen LogP contribution >= 0.6 is 0 Å². The average molecular weight is 564 g/mol. The molecule has 0 aromatic heterocycles. The molecule has 41 heavy (non-hydrogen) atoms. The first kappa shape index (κ1) is 29.2. The molecule has 0 saturated heterocycles. The summed E-state index contributed by atoms with van der Waals surface area (Å²) in [5.41, 5.74) is 4.20. The number of benzene rings is 1. The van der Waals surface area contributed by atoms with E-state index in [0.29, 0.717) is 19.3 Å². The number of esters is 2. The molecule has 0 heterocycles. The number of methoxy groups -OCH3 is 1. The normalized spacial score (nSPS) is 30.5. The number of carbonyl (C=O) groups excluding carboxylic acids is 4. The molecule has 2 saturated carbocycles. The van der Waals surface area contributed by atoms with Crippen LogP contribution in [0.3, 0.4) is 0 Å². The summed E-state index contributed by atoms with van der Waals surface area (Å²) in [7, 11) is 5.42. The quantitative estimate of drug-likeness (QED) is 0.420. The molecule has 5 atom stereocenters. The lowest BCUT2D eigenvalue weighted by Crippen LogP contribution is -2.57. The van der Waals surface area contributed by atoms with E-state index in [9.17, 15) is 19.2 Å². The van der Waals surface area contributed by atoms with Crippen LogP contribution in [-0.2, 0) is 33.4 Å². The van der Waals surface area contributed by atoms with Gasteiger partial charge < -0.3 is 19.1 Å². The highest BCUT2D eigenvalue weighted by Gasteiger charge is 2.66. The van der Waals surface area contributed by atoms with Crippen molar-refractivity contribution in [3.8, 4) is 0 Å². The van der Waals surface area contributed by atoms with Crippen molar-refractivity contribution in [2.24, 2.45) is 17.3 Å². The molecule has 0 spiro atoms. The molecule has 1 aromatic rings. The maximum atomic E-state index is 13.8. The summed E-state index contributed by atoms with van der Waals surface area (Å²) in [6, 6.07) is 8.50. The zero-order chi connectivity index (χ0) is 29.5. The highest BCUT2D eigenvalue weighted by atomic mass is 16.6. The number of Topliss-reactive ketones (excluding diaryl/α,β-unsaturated/α-hetero) is 1. The van der Waals surface area contributed by atoms with E-state index >= 15 is 0 Å². The topological polar surface area (TPSA) is 99.2 Å². The van der Waals surface area contributed by atoms with Crippen LogP contribution < -0.4 is 4.90 Å². The van der Waals surface area contributed by atoms with E-state index in [1.54, 1.807) is 0 Å². The Morgan fingerprint density at radius 1 is 1.02 bits per heavy atom. The second-order valence-electron chi connectivity index (χ2n) is 12.5. The molecule has 0 radical (unpaired) electrons. The molecule has 1 aromatic carbocycles. The number of hydrogen-bond donors (Lipinski definition) is 0. The first-order chi connectivity index (χ1) is 19.5. The van der Waals surface area contributed by atoms with E-state index in [0.717, 1.165) is 42.5 Å². The van der Waals surface area contributed by atoms with E-state index in [1.165, 1.54) is 25.2 Å². The number of ether oxygens (including phenoxy) is 3. The number of ketones is 2. The van der Waals surface area contributed by atoms with Crippen molar-refractivity contribution in [2.45, 2.75) is 70.3 Å². The Kier molecular flexibility index (Phi) is 7.99. The molecule has 220 valence electrons. The van der Waals surface area contributed by atoms with Crippen LogP contribution in [0.4, 0.5) is 5.69 Å². The third kappa shape index (κ3) is 5.05. The van der Waals surface area contributed by atoms with Crippen molar-refractivity contribution >= 4 is 29.2 Å². The summed E-state index contributed by atoms with van der Waals surface area (Å²) in [5.74, 6) is -0.940. The van der Waals surface area contributed by atoms with Crippen molar-refractivity contribution in [1.82, 2.24) is 0 Å². The molecular weight excluding hydrogens is 522 g/mol. The van der Waals surface area contributed by atoms with E-state index in [1.807, 2.05) is 20.2 Å². The minimum atomic E-state index is -1.34. The fourth-order valence-electron chi connectivity index (χ4n) is 8.27. The van der Waals surface area contributed by atoms with E-state index in [-0.39, 0.29) is 35.9 Å². The minimum Gasteiger partial charge on any atom is -0.456 e. The Morgan fingerprint density at radius 3 is 2.41 bits per heavy atom. The number of allylic oxidation sites excluding steroid dienone is 4. The molecule has 8 heteroatoms. The van der Waals surface area contributed by atoms with Crippen molar-refractivity contribution in [3.63, 3.8) is 0 Å². The van der Waals surface area contributed by atoms with Gasteiger partial charge >= 0.3 is 11.9 Å². The predicted molar refractivity (Wildman–Crippen MR) is 153 cm³/mol. The standard InChI is InChI=1S/C33H41NO7/c1-20(35)41-33(29(37)18-40-30(38)19-39-5)15-13-28-25-11-8-22-16-24(36)17-27(21-6-9-23(10-7-21)34(3)4)31(22)26(25)12-14-32(28,33)2/h6-7,9-10,16,25,27-28H,8,11-15,17-19H2,1-5H3/t25-,27?,28+,32+,33+/m1/s1. The van der Waals surface area contributed by atoms with E-state index in [2.05, 4.69) is 36.1 Å². The van der Waals surface area contributed by atoms with Gasteiger partial charge in [0.15, 0.2) is 18.0 Å². The maximum Gasteiger partial charge on any atom is 0.332 e. The molecule has 1 unspecified atom stereocenters. The van der Waals surface area contributed by atoms with Gasteiger partial charge in [0.05, 0.1) is 0 Å². The van der Waals surface area contributed by atoms with Gasteiger partial charge in [-0.1, -0.05) is 24.6 Å². The van der Waals surface area contributed by atoms with Crippen LogP contribution in [0.5, 0.6) is 0 Å². The SMILES string of the molecule is COCC(=O)OCC(=O)[C@@]1(OC(C)=O)CC[C@H]2[C@@H]3CCC4=CC(=O)CC(c5ccc(N(C)C)cc5)C4=C3CC[C@@]21C. The van der Waals surface area contributed by atoms with Crippen molar-refractivity contribution in [1.29, 1.82) is 0 Å². The molecule has 0 amide bonds. The van der Waals surface area contributed by atoms with Crippen LogP contribution in [0, 0.1) is 17.3 Å². The third-order valence-corrected chi connectivity index (χ3v) is 10.1. The summed E-state index contributed by atoms with van der Waals surface area (Å²) >= 11 is 0. The van der Waals surface area contributed by atoms with Gasteiger partial charge in [0, 0.05) is 51.6 Å². The first-order valence-electron chi connectivity index (χ1n) is 14.6. The van der Waals surface area contributed by atoms with Crippen LogP contribution in [0.2, 0.25) is 0 Å². The number of nitrogens with zero attached hydrogens (tertiary/aromatic N) is 1. The fraction of sp³-hybridized carbons (Fsp3) is 0.576. The van der Waals surface area contributed by atoms with Crippen molar-refractivity contribution in [2.75, 3.05) is 39.3 Å². The Hall–Kier alpha value is -3.26. The van der Waals surface area contributed by atoms with Gasteiger partial charge in [0.2, 0.25) is 5.78 Å². The molecule has 4 aliphatic rings. The van der Waals surface area contributed by atoms with Crippen LogP contribution in [0.1, 0.15) is 70.3 Å². The third-order valence-electron chi connectivity index (χ3n) is 10.1. The Labute approximate surface area is 242 Å². The van der Waals surface area contributed by atoms with Crippen molar-refractivity contribution in [3.05, 3.63) is 52.6 Å². The molecular formula is C33H41NO7. The number of carbonyl (C=O) groups is 4. The molecule has 8 nitrogen and oxygen atoms in total. The highest BCUT2D eigenvalue weighted by molar-refractivity contribution is 5.95. The number of rotatable bonds is 8. The second kappa shape index (κ2) is 11.2. The zero-order valence-electron chi connectivity index (χ0n) is 24.8. The van der Waals surface area contributed by atoms with Crippen LogP contribution in [0.15, 0.2) is 47.1 Å². The lowest BCUT2D eigenvalue weighted by molar-refractivity contribution is -0.186. The zero-order valence-corrected chi connectivity index (χ0v) is 24.8. The Balaban J connectivity index is 1.50. The van der Waals surface area contributed by atoms with Gasteiger partial charge in [-0.05, 0) is 85.3 Å². The Morgan fingerprint density at radius 2 is 1.76 bits per heavy atom. The number of anilines is 1. The van der Waals surface area contributed by atoms with Gasteiger partial charge in [-0.3, -0.25) is 14.4 Å². The summed E-state index contributed by atoms with van der Waals surface area (Å²) in [5, 5.41) is 0. The van der Waals surface area contributed by atoms with E-state index < -0.39 is 29.6 Å². The van der Waals surface area contributed by atoms with Gasteiger partial charge in [-0.15, -0.1) is 0 Å². The van der Waals surface area contributed by atoms with Crippen molar-refractivity contribution < 1.29 is 33.4 Å². The molecule has 0 aliphatic heterocycles. The smallest absolute Gasteiger partial charge is 0.332 e. The summed E-state index contributed by atoms with van der Waals surface area (Å²) < 4.78 is 16.0.